The maximum atomic E-state index is 12.3. The molecule has 4 nitrogen and oxygen atoms in total. The summed E-state index contributed by atoms with van der Waals surface area (Å²) in [5.74, 6) is -0.539. The molecule has 112 valence electrons. The predicted octanol–water partition coefficient (Wildman–Crippen LogP) is 2.65. The summed E-state index contributed by atoms with van der Waals surface area (Å²) in [7, 11) is 1.55. The Kier molecular flexibility index (Phi) is 5.41. The lowest BCUT2D eigenvalue weighted by atomic mass is 10.00. The fourth-order valence-electron chi connectivity index (χ4n) is 1.33. The number of alkyl halides is 3. The number of nitrogens with one attached hydrogen (secondary N) is 1. The standard InChI is InChI=1S/C12H15F3N2O2S/c1-11(16-2,10(18)19)5-6-20-9-4-3-8(7-17-9)12(13,14)15/h3-4,7,16H,5-6H2,1-2H3,(H,18,19). The van der Waals surface area contributed by atoms with Gasteiger partial charge in [-0.25, -0.2) is 4.98 Å². The van der Waals surface area contributed by atoms with E-state index in [-0.39, 0.29) is 0 Å². The van der Waals surface area contributed by atoms with Crippen molar-refractivity contribution in [3.05, 3.63) is 23.9 Å². The summed E-state index contributed by atoms with van der Waals surface area (Å²) in [6, 6.07) is 2.24. The van der Waals surface area contributed by atoms with Gasteiger partial charge in [-0.15, -0.1) is 11.8 Å². The minimum Gasteiger partial charge on any atom is -0.480 e. The van der Waals surface area contributed by atoms with Gasteiger partial charge in [-0.2, -0.15) is 13.2 Å². The van der Waals surface area contributed by atoms with E-state index in [0.717, 1.165) is 12.3 Å². The van der Waals surface area contributed by atoms with Crippen LogP contribution in [-0.2, 0) is 11.0 Å². The molecule has 0 saturated carbocycles. The van der Waals surface area contributed by atoms with Gasteiger partial charge in [0.05, 0.1) is 10.6 Å². The summed E-state index contributed by atoms with van der Waals surface area (Å²) in [5, 5.41) is 12.2. The number of carbonyl (C=O) groups is 1. The molecule has 1 heterocycles. The second-order valence-corrected chi connectivity index (χ2v) is 5.48. The van der Waals surface area contributed by atoms with Crippen molar-refractivity contribution < 1.29 is 23.1 Å². The monoisotopic (exact) mass is 308 g/mol. The minimum absolute atomic E-state index is 0.326. The molecule has 1 atom stereocenters. The molecule has 0 bridgehead atoms. The van der Waals surface area contributed by atoms with Crippen molar-refractivity contribution in [2.24, 2.45) is 0 Å². The molecule has 0 aliphatic rings. The lowest BCUT2D eigenvalue weighted by Gasteiger charge is -2.23. The molecule has 0 radical (unpaired) electrons. The number of thioether (sulfide) groups is 1. The zero-order valence-electron chi connectivity index (χ0n) is 11.0. The molecule has 0 aromatic carbocycles. The van der Waals surface area contributed by atoms with E-state index in [1.165, 1.54) is 17.8 Å². The number of aliphatic carboxylic acids is 1. The number of rotatable bonds is 6. The summed E-state index contributed by atoms with van der Waals surface area (Å²) in [5.41, 5.74) is -1.86. The molecule has 0 spiro atoms. The van der Waals surface area contributed by atoms with E-state index in [0.29, 0.717) is 17.2 Å². The van der Waals surface area contributed by atoms with Crippen molar-refractivity contribution in [2.45, 2.75) is 30.1 Å². The average Bonchev–Trinajstić information content (AvgIpc) is 2.37. The number of hydrogen-bond acceptors (Lipinski definition) is 4. The zero-order chi connectivity index (χ0) is 15.4. The molecule has 0 fully saturated rings. The molecule has 1 rings (SSSR count). The van der Waals surface area contributed by atoms with Crippen LogP contribution < -0.4 is 5.32 Å². The summed E-state index contributed by atoms with van der Waals surface area (Å²) < 4.78 is 37.0. The molecule has 1 aromatic rings. The molecular formula is C12H15F3N2O2S. The second kappa shape index (κ2) is 6.45. The summed E-state index contributed by atoms with van der Waals surface area (Å²) in [6.45, 7) is 1.55. The Labute approximate surface area is 118 Å². The first-order chi connectivity index (χ1) is 9.19. The maximum Gasteiger partial charge on any atom is 0.417 e. The van der Waals surface area contributed by atoms with Gasteiger partial charge in [0.15, 0.2) is 0 Å². The highest BCUT2D eigenvalue weighted by molar-refractivity contribution is 7.99. The number of aromatic nitrogens is 1. The Morgan fingerprint density at radius 1 is 1.45 bits per heavy atom. The zero-order valence-corrected chi connectivity index (χ0v) is 11.8. The van der Waals surface area contributed by atoms with E-state index >= 15 is 0 Å². The van der Waals surface area contributed by atoms with E-state index in [4.69, 9.17) is 5.11 Å². The van der Waals surface area contributed by atoms with E-state index in [1.807, 2.05) is 0 Å². The van der Waals surface area contributed by atoms with Gasteiger partial charge in [0.25, 0.3) is 0 Å². The van der Waals surface area contributed by atoms with Gasteiger partial charge in [0.1, 0.15) is 5.54 Å². The Balaban J connectivity index is 2.57. The van der Waals surface area contributed by atoms with Crippen LogP contribution in [0.2, 0.25) is 0 Å². The third-order valence-electron chi connectivity index (χ3n) is 2.94. The third kappa shape index (κ3) is 4.38. The summed E-state index contributed by atoms with van der Waals surface area (Å²) >= 11 is 1.22. The Hall–Kier alpha value is -1.28. The van der Waals surface area contributed by atoms with Crippen molar-refractivity contribution in [1.29, 1.82) is 0 Å². The van der Waals surface area contributed by atoms with Crippen molar-refractivity contribution in [1.82, 2.24) is 10.3 Å². The van der Waals surface area contributed by atoms with Crippen LogP contribution in [0.4, 0.5) is 13.2 Å². The van der Waals surface area contributed by atoms with E-state index in [1.54, 1.807) is 14.0 Å². The molecule has 0 saturated heterocycles. The van der Waals surface area contributed by atoms with Crippen LogP contribution in [0.5, 0.6) is 0 Å². The van der Waals surface area contributed by atoms with E-state index < -0.39 is 23.2 Å². The number of carboxylic acids is 1. The maximum absolute atomic E-state index is 12.3. The lowest BCUT2D eigenvalue weighted by molar-refractivity contribution is -0.144. The smallest absolute Gasteiger partial charge is 0.417 e. The van der Waals surface area contributed by atoms with Crippen molar-refractivity contribution in [2.75, 3.05) is 12.8 Å². The normalized spacial score (nSPS) is 14.8. The highest BCUT2D eigenvalue weighted by atomic mass is 32.2. The van der Waals surface area contributed by atoms with Crippen molar-refractivity contribution in [3.63, 3.8) is 0 Å². The number of pyridine rings is 1. The molecule has 8 heteroatoms. The van der Waals surface area contributed by atoms with Crippen LogP contribution >= 0.6 is 11.8 Å². The highest BCUT2D eigenvalue weighted by Crippen LogP contribution is 2.29. The van der Waals surface area contributed by atoms with E-state index in [2.05, 4.69) is 10.3 Å². The predicted molar refractivity (Wildman–Crippen MR) is 69.7 cm³/mol. The number of halogens is 3. The Bertz CT molecular complexity index is 465. The minimum atomic E-state index is -4.40. The molecule has 2 N–H and O–H groups in total. The number of nitrogens with zero attached hydrogens (tertiary/aromatic N) is 1. The molecule has 1 aromatic heterocycles. The van der Waals surface area contributed by atoms with Gasteiger partial charge in [0, 0.05) is 11.9 Å². The number of likely N-dealkylation sites (N-methyl/N-ethyl adjacent to an activating group) is 1. The van der Waals surface area contributed by atoms with Crippen molar-refractivity contribution in [3.8, 4) is 0 Å². The molecule has 0 aliphatic carbocycles. The Morgan fingerprint density at radius 2 is 2.10 bits per heavy atom. The lowest BCUT2D eigenvalue weighted by Crippen LogP contribution is -2.47. The Morgan fingerprint density at radius 3 is 2.50 bits per heavy atom. The van der Waals surface area contributed by atoms with Gasteiger partial charge in [-0.1, -0.05) is 0 Å². The first kappa shape index (κ1) is 16.8. The fourth-order valence-corrected chi connectivity index (χ4v) is 2.34. The molecule has 0 aliphatic heterocycles. The SMILES string of the molecule is CNC(C)(CCSc1ccc(C(F)(F)F)cn1)C(=O)O. The first-order valence-electron chi connectivity index (χ1n) is 5.77. The highest BCUT2D eigenvalue weighted by Gasteiger charge is 2.31. The van der Waals surface area contributed by atoms with Crippen LogP contribution in [0.3, 0.4) is 0 Å². The van der Waals surface area contributed by atoms with E-state index in [9.17, 15) is 18.0 Å². The van der Waals surface area contributed by atoms with Crippen LogP contribution in [0.1, 0.15) is 18.9 Å². The van der Waals surface area contributed by atoms with Crippen LogP contribution in [0.15, 0.2) is 23.4 Å². The summed E-state index contributed by atoms with van der Waals surface area (Å²) in [6.07, 6.45) is -3.30. The van der Waals surface area contributed by atoms with Gasteiger partial charge < -0.3 is 10.4 Å². The van der Waals surface area contributed by atoms with Crippen LogP contribution in [-0.4, -0.2) is 34.4 Å². The molecule has 1 unspecified atom stereocenters. The van der Waals surface area contributed by atoms with Gasteiger partial charge in [-0.05, 0) is 32.5 Å². The first-order valence-corrected chi connectivity index (χ1v) is 6.76. The van der Waals surface area contributed by atoms with Crippen molar-refractivity contribution >= 4 is 17.7 Å². The number of carboxylic acid groups (broad SMARTS) is 1. The van der Waals surface area contributed by atoms with Gasteiger partial charge in [0.2, 0.25) is 0 Å². The molecule has 20 heavy (non-hydrogen) atoms. The summed E-state index contributed by atoms with van der Waals surface area (Å²) in [4.78, 5) is 14.7. The van der Waals surface area contributed by atoms with Crippen LogP contribution in [0.25, 0.3) is 0 Å². The quantitative estimate of drug-likeness (QED) is 0.791. The van der Waals surface area contributed by atoms with Gasteiger partial charge >= 0.3 is 12.1 Å². The van der Waals surface area contributed by atoms with Crippen LogP contribution in [0, 0.1) is 0 Å². The topological polar surface area (TPSA) is 62.2 Å². The fraction of sp³-hybridized carbons (Fsp3) is 0.500. The third-order valence-corrected chi connectivity index (χ3v) is 3.88. The molecule has 0 amide bonds. The molecular weight excluding hydrogens is 293 g/mol. The van der Waals surface area contributed by atoms with Gasteiger partial charge in [-0.3, -0.25) is 4.79 Å². The largest absolute Gasteiger partial charge is 0.480 e. The number of hydrogen-bond donors (Lipinski definition) is 2. The second-order valence-electron chi connectivity index (χ2n) is 4.37. The average molecular weight is 308 g/mol.